The predicted octanol–water partition coefficient (Wildman–Crippen LogP) is 2.27. The Morgan fingerprint density at radius 2 is 2.04 bits per heavy atom. The summed E-state index contributed by atoms with van der Waals surface area (Å²) in [6.45, 7) is 0.716. The summed E-state index contributed by atoms with van der Waals surface area (Å²) in [7, 11) is 0. The van der Waals surface area contributed by atoms with Crippen molar-refractivity contribution in [3.8, 4) is 0 Å². The van der Waals surface area contributed by atoms with Crippen molar-refractivity contribution < 1.29 is 14.0 Å². The molecule has 2 aliphatic rings. The highest BCUT2D eigenvalue weighted by atomic mass is 32.2. The van der Waals surface area contributed by atoms with E-state index in [0.717, 1.165) is 5.56 Å². The Hall–Kier alpha value is -1.82. The van der Waals surface area contributed by atoms with Gasteiger partial charge in [-0.1, -0.05) is 12.1 Å². The lowest BCUT2D eigenvalue weighted by molar-refractivity contribution is -0.134. The van der Waals surface area contributed by atoms with Crippen molar-refractivity contribution in [3.63, 3.8) is 0 Å². The number of carbonyl (C=O) groups excluding carboxylic acids is 2. The second kappa shape index (κ2) is 7.17. The number of nitrogens with one attached hydrogen (secondary N) is 1. The molecular formula is C17H19FN2O2S. The first-order chi connectivity index (χ1) is 11.1. The van der Waals surface area contributed by atoms with Crippen LogP contribution in [0.25, 0.3) is 6.08 Å². The third kappa shape index (κ3) is 4.34. The molecule has 1 atom stereocenters. The zero-order valence-electron chi connectivity index (χ0n) is 12.7. The largest absolute Gasteiger partial charge is 0.354 e. The molecule has 1 heterocycles. The normalized spacial score (nSPS) is 20.9. The molecule has 1 aliphatic heterocycles. The first-order valence-electron chi connectivity index (χ1n) is 7.73. The average Bonchev–Trinajstić information content (AvgIpc) is 3.25. The van der Waals surface area contributed by atoms with Gasteiger partial charge in [0.15, 0.2) is 0 Å². The van der Waals surface area contributed by atoms with E-state index in [1.54, 1.807) is 34.9 Å². The van der Waals surface area contributed by atoms with E-state index in [1.165, 1.54) is 31.1 Å². The molecule has 122 valence electrons. The molecule has 1 aliphatic carbocycles. The third-order valence-corrected chi connectivity index (χ3v) is 5.03. The fraction of sp³-hybridized carbons (Fsp3) is 0.412. The SMILES string of the molecule is O=C(NCC1CC1)C1CSCN1C(=O)/C=C/c1ccc(F)cc1. The molecule has 1 saturated carbocycles. The molecule has 1 aromatic rings. The molecule has 1 N–H and O–H groups in total. The molecule has 2 amide bonds. The number of rotatable bonds is 5. The lowest BCUT2D eigenvalue weighted by Crippen LogP contribution is -2.47. The lowest BCUT2D eigenvalue weighted by atomic mass is 10.2. The average molecular weight is 334 g/mol. The summed E-state index contributed by atoms with van der Waals surface area (Å²) in [5, 5.41) is 2.94. The molecule has 0 bridgehead atoms. The van der Waals surface area contributed by atoms with Gasteiger partial charge in [-0.25, -0.2) is 4.39 Å². The van der Waals surface area contributed by atoms with E-state index in [1.807, 2.05) is 0 Å². The Bertz CT molecular complexity index is 614. The number of hydrogen-bond donors (Lipinski definition) is 1. The van der Waals surface area contributed by atoms with Gasteiger partial charge >= 0.3 is 0 Å². The molecule has 1 unspecified atom stereocenters. The summed E-state index contributed by atoms with van der Waals surface area (Å²) >= 11 is 1.58. The number of halogens is 1. The van der Waals surface area contributed by atoms with Crippen LogP contribution < -0.4 is 5.32 Å². The van der Waals surface area contributed by atoms with Gasteiger partial charge in [0.25, 0.3) is 0 Å². The van der Waals surface area contributed by atoms with E-state index >= 15 is 0 Å². The minimum atomic E-state index is -0.399. The van der Waals surface area contributed by atoms with Crippen LogP contribution >= 0.6 is 11.8 Å². The Balaban J connectivity index is 1.58. The number of benzene rings is 1. The molecule has 1 aromatic carbocycles. The van der Waals surface area contributed by atoms with Crippen LogP contribution in [0.4, 0.5) is 4.39 Å². The van der Waals surface area contributed by atoms with E-state index < -0.39 is 6.04 Å². The number of nitrogens with zero attached hydrogens (tertiary/aromatic N) is 1. The van der Waals surface area contributed by atoms with E-state index in [9.17, 15) is 14.0 Å². The van der Waals surface area contributed by atoms with Gasteiger partial charge in [-0.15, -0.1) is 11.8 Å². The molecule has 4 nitrogen and oxygen atoms in total. The van der Waals surface area contributed by atoms with Crippen molar-refractivity contribution in [2.24, 2.45) is 5.92 Å². The zero-order chi connectivity index (χ0) is 16.2. The first-order valence-corrected chi connectivity index (χ1v) is 8.88. The molecule has 2 fully saturated rings. The Morgan fingerprint density at radius 3 is 2.74 bits per heavy atom. The lowest BCUT2D eigenvalue weighted by Gasteiger charge is -2.21. The van der Waals surface area contributed by atoms with Crippen LogP contribution in [-0.4, -0.2) is 40.9 Å². The second-order valence-electron chi connectivity index (χ2n) is 5.90. The van der Waals surface area contributed by atoms with Crippen molar-refractivity contribution in [2.75, 3.05) is 18.2 Å². The fourth-order valence-electron chi connectivity index (χ4n) is 2.40. The van der Waals surface area contributed by atoms with Crippen LogP contribution in [0.1, 0.15) is 18.4 Å². The Kier molecular flexibility index (Phi) is 5.00. The number of thioether (sulfide) groups is 1. The van der Waals surface area contributed by atoms with Crippen LogP contribution in [0.3, 0.4) is 0 Å². The maximum atomic E-state index is 12.9. The van der Waals surface area contributed by atoms with Crippen LogP contribution in [-0.2, 0) is 9.59 Å². The third-order valence-electron chi connectivity index (χ3n) is 4.02. The smallest absolute Gasteiger partial charge is 0.247 e. The predicted molar refractivity (Wildman–Crippen MR) is 89.1 cm³/mol. The molecule has 6 heteroatoms. The van der Waals surface area contributed by atoms with Crippen molar-refractivity contribution in [2.45, 2.75) is 18.9 Å². The minimum Gasteiger partial charge on any atom is -0.354 e. The van der Waals surface area contributed by atoms with Crippen molar-refractivity contribution in [3.05, 3.63) is 41.7 Å². The van der Waals surface area contributed by atoms with Crippen molar-refractivity contribution in [1.29, 1.82) is 0 Å². The van der Waals surface area contributed by atoms with E-state index in [-0.39, 0.29) is 17.6 Å². The van der Waals surface area contributed by atoms with Crippen molar-refractivity contribution in [1.82, 2.24) is 10.2 Å². The van der Waals surface area contributed by atoms with Gasteiger partial charge in [-0.3, -0.25) is 9.59 Å². The van der Waals surface area contributed by atoms with Crippen molar-refractivity contribution >= 4 is 29.7 Å². The van der Waals surface area contributed by atoms with E-state index in [2.05, 4.69) is 5.32 Å². The molecule has 23 heavy (non-hydrogen) atoms. The molecule has 0 radical (unpaired) electrons. The summed E-state index contributed by atoms with van der Waals surface area (Å²) < 4.78 is 12.9. The zero-order valence-corrected chi connectivity index (χ0v) is 13.5. The summed E-state index contributed by atoms with van der Waals surface area (Å²) in [6.07, 6.45) is 5.45. The topological polar surface area (TPSA) is 49.4 Å². The second-order valence-corrected chi connectivity index (χ2v) is 6.90. The van der Waals surface area contributed by atoms with Crippen LogP contribution in [0.15, 0.2) is 30.3 Å². The van der Waals surface area contributed by atoms with Crippen LogP contribution in [0.2, 0.25) is 0 Å². The molecule has 0 aromatic heterocycles. The molecule has 3 rings (SSSR count). The maximum Gasteiger partial charge on any atom is 0.247 e. The van der Waals surface area contributed by atoms with Crippen LogP contribution in [0, 0.1) is 11.7 Å². The highest BCUT2D eigenvalue weighted by Crippen LogP contribution is 2.28. The Labute approximate surface area is 139 Å². The Morgan fingerprint density at radius 1 is 1.30 bits per heavy atom. The van der Waals surface area contributed by atoms with Gasteiger partial charge in [-0.05, 0) is 42.5 Å². The van der Waals surface area contributed by atoms with Gasteiger partial charge in [0.2, 0.25) is 11.8 Å². The summed E-state index contributed by atoms with van der Waals surface area (Å²) in [5.41, 5.74) is 0.751. The van der Waals surface area contributed by atoms with Gasteiger partial charge in [0.1, 0.15) is 11.9 Å². The standard InChI is InChI=1S/C17H19FN2O2S/c18-14-6-3-12(4-7-14)5-8-16(21)20-11-23-10-15(20)17(22)19-9-13-1-2-13/h3-8,13,15H,1-2,9-11H2,(H,19,22)/b8-5+. The van der Waals surface area contributed by atoms with Gasteiger partial charge in [0.05, 0.1) is 5.88 Å². The summed E-state index contributed by atoms with van der Waals surface area (Å²) in [6, 6.07) is 5.52. The minimum absolute atomic E-state index is 0.0644. The maximum absolute atomic E-state index is 12.9. The summed E-state index contributed by atoms with van der Waals surface area (Å²) in [4.78, 5) is 26.1. The van der Waals surface area contributed by atoms with Gasteiger partial charge in [0, 0.05) is 18.4 Å². The van der Waals surface area contributed by atoms with E-state index in [4.69, 9.17) is 0 Å². The number of hydrogen-bond acceptors (Lipinski definition) is 3. The van der Waals surface area contributed by atoms with Crippen LogP contribution in [0.5, 0.6) is 0 Å². The highest BCUT2D eigenvalue weighted by Gasteiger charge is 2.34. The monoisotopic (exact) mass is 334 g/mol. The van der Waals surface area contributed by atoms with E-state index in [0.29, 0.717) is 24.1 Å². The molecule has 1 saturated heterocycles. The number of amides is 2. The molecular weight excluding hydrogens is 315 g/mol. The highest BCUT2D eigenvalue weighted by molar-refractivity contribution is 7.99. The fourth-order valence-corrected chi connectivity index (χ4v) is 3.56. The first kappa shape index (κ1) is 16.1. The van der Waals surface area contributed by atoms with Gasteiger partial charge < -0.3 is 10.2 Å². The molecule has 0 spiro atoms. The number of carbonyl (C=O) groups is 2. The van der Waals surface area contributed by atoms with Gasteiger partial charge in [-0.2, -0.15) is 0 Å². The quantitative estimate of drug-likeness (QED) is 0.841. The summed E-state index contributed by atoms with van der Waals surface area (Å²) in [5.74, 6) is 1.21.